The summed E-state index contributed by atoms with van der Waals surface area (Å²) in [4.78, 5) is 14.3. The Balaban J connectivity index is 1.40. The molecule has 1 aliphatic heterocycles. The number of aromatic hydroxyl groups is 1. The smallest absolute Gasteiger partial charge is 0.336 e. The summed E-state index contributed by atoms with van der Waals surface area (Å²) < 4.78 is 11.4. The second-order valence-corrected chi connectivity index (χ2v) is 7.45. The molecule has 146 valence electrons. The van der Waals surface area contributed by atoms with E-state index in [1.807, 2.05) is 24.3 Å². The summed E-state index contributed by atoms with van der Waals surface area (Å²) in [6.07, 6.45) is 2.23. The van der Waals surface area contributed by atoms with Crippen LogP contribution in [0.15, 0.2) is 57.7 Å². The van der Waals surface area contributed by atoms with Crippen molar-refractivity contribution < 1.29 is 14.3 Å². The highest BCUT2D eigenvalue weighted by molar-refractivity contribution is 5.84. The first-order valence-electron chi connectivity index (χ1n) is 9.73. The summed E-state index contributed by atoms with van der Waals surface area (Å²) in [6, 6.07) is 15.3. The predicted molar refractivity (Wildman–Crippen MR) is 108 cm³/mol. The Labute approximate surface area is 164 Å². The van der Waals surface area contributed by atoms with Gasteiger partial charge < -0.3 is 14.3 Å². The molecule has 0 bridgehead atoms. The van der Waals surface area contributed by atoms with Crippen LogP contribution in [0.5, 0.6) is 5.75 Å². The van der Waals surface area contributed by atoms with Crippen LogP contribution in [0.4, 0.5) is 0 Å². The second-order valence-electron chi connectivity index (χ2n) is 7.45. The van der Waals surface area contributed by atoms with Crippen LogP contribution in [0, 0.1) is 6.92 Å². The van der Waals surface area contributed by atoms with Gasteiger partial charge in [-0.2, -0.15) is 0 Å². The van der Waals surface area contributed by atoms with Crippen LogP contribution in [0.2, 0.25) is 0 Å². The molecule has 0 amide bonds. The first-order valence-corrected chi connectivity index (χ1v) is 9.73. The van der Waals surface area contributed by atoms with Crippen molar-refractivity contribution in [1.29, 1.82) is 0 Å². The zero-order chi connectivity index (χ0) is 19.5. The highest BCUT2D eigenvalue weighted by atomic mass is 16.5. The van der Waals surface area contributed by atoms with Crippen LogP contribution >= 0.6 is 0 Å². The maximum atomic E-state index is 12.0. The average Bonchev–Trinajstić information content (AvgIpc) is 2.71. The fraction of sp³-hybridized carbons (Fsp3) is 0.348. The van der Waals surface area contributed by atoms with E-state index in [9.17, 15) is 9.90 Å². The summed E-state index contributed by atoms with van der Waals surface area (Å²) in [6.45, 7) is 4.97. The van der Waals surface area contributed by atoms with E-state index in [2.05, 4.69) is 17.0 Å². The van der Waals surface area contributed by atoms with Gasteiger partial charge in [0.1, 0.15) is 11.3 Å². The van der Waals surface area contributed by atoms with E-state index >= 15 is 0 Å². The highest BCUT2D eigenvalue weighted by Gasteiger charge is 2.21. The molecule has 4 rings (SSSR count). The van der Waals surface area contributed by atoms with Crippen LogP contribution in [-0.2, 0) is 17.9 Å². The Bertz CT molecular complexity index is 1000. The highest BCUT2D eigenvalue weighted by Crippen LogP contribution is 2.28. The third-order valence-electron chi connectivity index (χ3n) is 5.48. The number of nitrogens with zero attached hydrogens (tertiary/aromatic N) is 1. The van der Waals surface area contributed by atoms with Gasteiger partial charge in [0.2, 0.25) is 0 Å². The minimum absolute atomic E-state index is 0.143. The molecule has 0 radical (unpaired) electrons. The monoisotopic (exact) mass is 379 g/mol. The van der Waals surface area contributed by atoms with Gasteiger partial charge in [-0.1, -0.05) is 30.3 Å². The van der Waals surface area contributed by atoms with Crippen LogP contribution in [0.1, 0.15) is 29.5 Å². The number of aryl methyl sites for hydroxylation is 1. The van der Waals surface area contributed by atoms with E-state index in [1.165, 1.54) is 5.56 Å². The maximum absolute atomic E-state index is 12.0. The van der Waals surface area contributed by atoms with Crippen molar-refractivity contribution >= 4 is 11.0 Å². The molecule has 5 nitrogen and oxygen atoms in total. The number of hydrogen-bond donors (Lipinski definition) is 1. The normalized spacial score (nSPS) is 15.9. The molecule has 1 N–H and O–H groups in total. The molecule has 0 atom stereocenters. The van der Waals surface area contributed by atoms with E-state index < -0.39 is 0 Å². The minimum atomic E-state index is -0.378. The Hall–Kier alpha value is -2.63. The molecule has 5 heteroatoms. The van der Waals surface area contributed by atoms with Crippen LogP contribution in [0.25, 0.3) is 11.0 Å². The zero-order valence-electron chi connectivity index (χ0n) is 16.1. The molecule has 1 fully saturated rings. The van der Waals surface area contributed by atoms with Gasteiger partial charge in [0.25, 0.3) is 0 Å². The Morgan fingerprint density at radius 2 is 1.89 bits per heavy atom. The standard InChI is InChI=1S/C23H25NO4/c1-16-21(25)8-7-20-18(13-22(26)28-23(16)20)14-24-11-9-19(10-12-24)27-15-17-5-3-2-4-6-17/h2-8,13,19,25H,9-12,14-15H2,1H3. The van der Waals surface area contributed by atoms with Crippen molar-refractivity contribution in [2.45, 2.75) is 39.0 Å². The van der Waals surface area contributed by atoms with Gasteiger partial charge >= 0.3 is 5.63 Å². The molecule has 1 aromatic heterocycles. The number of rotatable bonds is 5. The Morgan fingerprint density at radius 3 is 2.64 bits per heavy atom. The predicted octanol–water partition coefficient (Wildman–Crippen LogP) is 3.99. The van der Waals surface area contributed by atoms with Crippen molar-refractivity contribution in [2.75, 3.05) is 13.1 Å². The molecule has 1 aliphatic rings. The molecule has 0 unspecified atom stereocenters. The molecule has 2 heterocycles. The summed E-state index contributed by atoms with van der Waals surface area (Å²) in [5.41, 5.74) is 2.84. The topological polar surface area (TPSA) is 62.9 Å². The van der Waals surface area contributed by atoms with Gasteiger partial charge in [0, 0.05) is 36.7 Å². The first-order chi connectivity index (χ1) is 13.6. The van der Waals surface area contributed by atoms with Crippen molar-refractivity contribution in [3.8, 4) is 5.75 Å². The quantitative estimate of drug-likeness (QED) is 0.679. The average molecular weight is 379 g/mol. The third-order valence-corrected chi connectivity index (χ3v) is 5.48. The molecule has 0 saturated carbocycles. The van der Waals surface area contributed by atoms with Gasteiger partial charge in [-0.15, -0.1) is 0 Å². The number of benzene rings is 2. The van der Waals surface area contributed by atoms with Gasteiger partial charge in [-0.05, 0) is 43.0 Å². The number of ether oxygens (including phenoxy) is 1. The number of hydrogen-bond acceptors (Lipinski definition) is 5. The van der Waals surface area contributed by atoms with Crippen LogP contribution < -0.4 is 5.63 Å². The van der Waals surface area contributed by atoms with E-state index in [1.54, 1.807) is 19.1 Å². The lowest BCUT2D eigenvalue weighted by Gasteiger charge is -2.32. The molecule has 2 aromatic carbocycles. The molecule has 28 heavy (non-hydrogen) atoms. The van der Waals surface area contributed by atoms with Crippen LogP contribution in [0.3, 0.4) is 0 Å². The summed E-state index contributed by atoms with van der Waals surface area (Å²) >= 11 is 0. The van der Waals surface area contributed by atoms with E-state index in [0.29, 0.717) is 24.3 Å². The summed E-state index contributed by atoms with van der Waals surface area (Å²) in [7, 11) is 0. The SMILES string of the molecule is Cc1c(O)ccc2c(CN3CCC(OCc4ccccc4)CC3)cc(=O)oc12. The lowest BCUT2D eigenvalue weighted by atomic mass is 10.0. The number of phenolic OH excluding ortho intramolecular Hbond substituents is 1. The number of phenols is 1. The molecule has 3 aromatic rings. The van der Waals surface area contributed by atoms with Gasteiger partial charge in [0.15, 0.2) is 0 Å². The number of piperidine rings is 1. The first kappa shape index (κ1) is 18.7. The lowest BCUT2D eigenvalue weighted by Crippen LogP contribution is -2.36. The maximum Gasteiger partial charge on any atom is 0.336 e. The molecule has 0 aliphatic carbocycles. The number of likely N-dealkylation sites (tertiary alicyclic amines) is 1. The lowest BCUT2D eigenvalue weighted by molar-refractivity contribution is -0.00389. The zero-order valence-corrected chi connectivity index (χ0v) is 16.1. The molecule has 1 saturated heterocycles. The van der Waals surface area contributed by atoms with Gasteiger partial charge in [0.05, 0.1) is 12.7 Å². The van der Waals surface area contributed by atoms with Gasteiger partial charge in [-0.3, -0.25) is 4.90 Å². The third kappa shape index (κ3) is 4.11. The van der Waals surface area contributed by atoms with Crippen molar-refractivity contribution in [3.05, 3.63) is 75.6 Å². The van der Waals surface area contributed by atoms with Crippen molar-refractivity contribution in [1.82, 2.24) is 4.90 Å². The van der Waals surface area contributed by atoms with Crippen LogP contribution in [-0.4, -0.2) is 29.2 Å². The van der Waals surface area contributed by atoms with E-state index in [-0.39, 0.29) is 17.5 Å². The second kappa shape index (κ2) is 8.17. The molecular formula is C23H25NO4. The Kier molecular flexibility index (Phi) is 5.46. The van der Waals surface area contributed by atoms with Crippen molar-refractivity contribution in [3.63, 3.8) is 0 Å². The van der Waals surface area contributed by atoms with E-state index in [0.717, 1.165) is 36.9 Å². The largest absolute Gasteiger partial charge is 0.508 e. The minimum Gasteiger partial charge on any atom is -0.508 e. The van der Waals surface area contributed by atoms with E-state index in [4.69, 9.17) is 9.15 Å². The molecular weight excluding hydrogens is 354 g/mol. The van der Waals surface area contributed by atoms with Crippen molar-refractivity contribution in [2.24, 2.45) is 0 Å². The number of fused-ring (bicyclic) bond motifs is 1. The fourth-order valence-electron chi connectivity index (χ4n) is 3.81. The molecule has 0 spiro atoms. The Morgan fingerprint density at radius 1 is 1.14 bits per heavy atom. The fourth-order valence-corrected chi connectivity index (χ4v) is 3.81. The summed E-state index contributed by atoms with van der Waals surface area (Å²) in [5.74, 6) is 0.143. The van der Waals surface area contributed by atoms with Gasteiger partial charge in [-0.25, -0.2) is 4.79 Å². The summed E-state index contributed by atoms with van der Waals surface area (Å²) in [5, 5.41) is 10.8.